The topological polar surface area (TPSA) is 59.2 Å². The average molecular weight is 359 g/mol. The van der Waals surface area contributed by atoms with Gasteiger partial charge in [-0.05, 0) is 30.5 Å². The summed E-state index contributed by atoms with van der Waals surface area (Å²) in [6.45, 7) is 2.63. The van der Waals surface area contributed by atoms with Crippen molar-refractivity contribution in [2.24, 2.45) is 0 Å². The molecule has 7 heteroatoms. The van der Waals surface area contributed by atoms with E-state index < -0.39 is 0 Å². The van der Waals surface area contributed by atoms with E-state index >= 15 is 0 Å². The molecule has 3 rings (SSSR count). The number of benzene rings is 1. The number of rotatable bonds is 6. The summed E-state index contributed by atoms with van der Waals surface area (Å²) in [5.74, 6) is 0.779. The first-order valence-electron chi connectivity index (χ1n) is 7.41. The van der Waals surface area contributed by atoms with E-state index in [1.165, 1.54) is 11.8 Å². The van der Waals surface area contributed by atoms with Crippen LogP contribution in [0.15, 0.2) is 51.4 Å². The summed E-state index contributed by atoms with van der Waals surface area (Å²) in [5.41, 5.74) is 2.01. The van der Waals surface area contributed by atoms with Crippen LogP contribution in [0.25, 0.3) is 11.5 Å². The number of hydrogen-bond donors (Lipinski definition) is 0. The van der Waals surface area contributed by atoms with Crippen molar-refractivity contribution in [2.75, 3.05) is 12.8 Å². The fourth-order valence-electron chi connectivity index (χ4n) is 2.12. The molecule has 3 aromatic rings. The minimum absolute atomic E-state index is 0.0312. The van der Waals surface area contributed by atoms with Crippen LogP contribution in [0.2, 0.25) is 0 Å². The number of carbonyl (C=O) groups excluding carboxylic acids is 1. The maximum absolute atomic E-state index is 12.2. The largest absolute Gasteiger partial charge is 0.411 e. The molecule has 1 aromatic carbocycles. The number of thiophene rings is 1. The highest BCUT2D eigenvalue weighted by atomic mass is 32.2. The summed E-state index contributed by atoms with van der Waals surface area (Å²) in [6.07, 6.45) is 0. The van der Waals surface area contributed by atoms with E-state index in [0.717, 1.165) is 16.0 Å². The molecule has 2 heterocycles. The van der Waals surface area contributed by atoms with Crippen LogP contribution in [-0.2, 0) is 11.3 Å². The number of aromatic nitrogens is 2. The van der Waals surface area contributed by atoms with E-state index in [-0.39, 0.29) is 11.7 Å². The monoisotopic (exact) mass is 359 g/mol. The molecule has 0 aliphatic rings. The second-order valence-corrected chi connectivity index (χ2v) is 7.32. The van der Waals surface area contributed by atoms with Crippen LogP contribution >= 0.6 is 23.1 Å². The molecule has 0 saturated carbocycles. The third-order valence-corrected chi connectivity index (χ3v) is 5.05. The van der Waals surface area contributed by atoms with Gasteiger partial charge < -0.3 is 9.32 Å². The van der Waals surface area contributed by atoms with Gasteiger partial charge in [-0.1, -0.05) is 35.5 Å². The summed E-state index contributed by atoms with van der Waals surface area (Å²) in [4.78, 5) is 15.1. The first-order chi connectivity index (χ1) is 11.6. The minimum Gasteiger partial charge on any atom is -0.411 e. The van der Waals surface area contributed by atoms with Crippen molar-refractivity contribution in [1.29, 1.82) is 0 Å². The molecule has 0 aliphatic carbocycles. The van der Waals surface area contributed by atoms with Crippen LogP contribution in [0.4, 0.5) is 0 Å². The third-order valence-electron chi connectivity index (χ3n) is 3.39. The van der Waals surface area contributed by atoms with Crippen LogP contribution in [0.3, 0.4) is 0 Å². The van der Waals surface area contributed by atoms with Crippen LogP contribution in [0.5, 0.6) is 0 Å². The Labute approximate surface area is 148 Å². The van der Waals surface area contributed by atoms with Crippen LogP contribution in [-0.4, -0.2) is 33.8 Å². The van der Waals surface area contributed by atoms with E-state index in [9.17, 15) is 4.79 Å². The molecule has 0 radical (unpaired) electrons. The zero-order valence-corrected chi connectivity index (χ0v) is 15.1. The highest BCUT2D eigenvalue weighted by Gasteiger charge is 2.14. The van der Waals surface area contributed by atoms with Gasteiger partial charge in [0.1, 0.15) is 0 Å². The van der Waals surface area contributed by atoms with Crippen molar-refractivity contribution in [3.8, 4) is 11.5 Å². The van der Waals surface area contributed by atoms with Crippen molar-refractivity contribution in [3.63, 3.8) is 0 Å². The Morgan fingerprint density at radius 3 is 2.92 bits per heavy atom. The molecule has 0 aliphatic heterocycles. The van der Waals surface area contributed by atoms with Crippen molar-refractivity contribution in [3.05, 3.63) is 52.2 Å². The Bertz CT molecular complexity index is 815. The Hall–Kier alpha value is -2.12. The molecule has 0 fully saturated rings. The fraction of sp³-hybridized carbons (Fsp3) is 0.235. The molecule has 5 nitrogen and oxygen atoms in total. The quantitative estimate of drug-likeness (QED) is 0.626. The molecular weight excluding hydrogens is 342 g/mol. The molecule has 124 valence electrons. The number of thioether (sulfide) groups is 1. The average Bonchev–Trinajstić information content (AvgIpc) is 3.24. The second-order valence-electron chi connectivity index (χ2n) is 5.36. The zero-order valence-electron chi connectivity index (χ0n) is 13.4. The number of carbonyl (C=O) groups is 1. The van der Waals surface area contributed by atoms with Gasteiger partial charge in [0.25, 0.3) is 5.22 Å². The maximum atomic E-state index is 12.2. The molecule has 0 N–H and O–H groups in total. The fourth-order valence-corrected chi connectivity index (χ4v) is 3.58. The molecule has 0 bridgehead atoms. The summed E-state index contributed by atoms with van der Waals surface area (Å²) in [6, 6.07) is 11.9. The van der Waals surface area contributed by atoms with Gasteiger partial charge in [-0.3, -0.25) is 4.79 Å². The second kappa shape index (κ2) is 7.63. The van der Waals surface area contributed by atoms with Crippen LogP contribution in [0.1, 0.15) is 10.4 Å². The van der Waals surface area contributed by atoms with Crippen molar-refractivity contribution >= 4 is 29.0 Å². The maximum Gasteiger partial charge on any atom is 0.277 e. The number of nitrogens with zero attached hydrogens (tertiary/aromatic N) is 3. The van der Waals surface area contributed by atoms with E-state index in [4.69, 9.17) is 4.42 Å². The molecule has 1 amide bonds. The highest BCUT2D eigenvalue weighted by Crippen LogP contribution is 2.24. The molecule has 0 unspecified atom stereocenters. The molecule has 0 atom stereocenters. The van der Waals surface area contributed by atoms with Crippen molar-refractivity contribution in [1.82, 2.24) is 15.1 Å². The van der Waals surface area contributed by atoms with E-state index in [0.29, 0.717) is 17.7 Å². The molecule has 0 saturated heterocycles. The molecular formula is C17H17N3O2S2. The predicted octanol–water partition coefficient (Wildman–Crippen LogP) is 3.86. The highest BCUT2D eigenvalue weighted by molar-refractivity contribution is 7.99. The lowest BCUT2D eigenvalue weighted by atomic mass is 10.1. The number of hydrogen-bond acceptors (Lipinski definition) is 6. The Morgan fingerprint density at radius 2 is 2.17 bits per heavy atom. The lowest BCUT2D eigenvalue weighted by Gasteiger charge is -2.15. The smallest absolute Gasteiger partial charge is 0.277 e. The summed E-state index contributed by atoms with van der Waals surface area (Å²) >= 11 is 2.90. The van der Waals surface area contributed by atoms with Crippen LogP contribution in [0, 0.1) is 6.92 Å². The zero-order chi connectivity index (χ0) is 16.9. The minimum atomic E-state index is 0.0312. The standard InChI is InChI=1S/C17H17N3O2S2/c1-12-5-3-6-13(9-12)16-18-19-17(22-16)24-11-15(21)20(2)10-14-7-4-8-23-14/h3-9H,10-11H2,1-2H3. The summed E-state index contributed by atoms with van der Waals surface area (Å²) in [5, 5.41) is 10.5. The van der Waals surface area contributed by atoms with Gasteiger partial charge in [0.15, 0.2) is 0 Å². The van der Waals surface area contributed by atoms with Crippen molar-refractivity contribution < 1.29 is 9.21 Å². The van der Waals surface area contributed by atoms with Gasteiger partial charge in [-0.25, -0.2) is 0 Å². The Kier molecular flexibility index (Phi) is 5.32. The van der Waals surface area contributed by atoms with Gasteiger partial charge >= 0.3 is 0 Å². The van der Waals surface area contributed by atoms with Crippen molar-refractivity contribution in [2.45, 2.75) is 18.7 Å². The first kappa shape index (κ1) is 16.7. The molecule has 2 aromatic heterocycles. The van der Waals surface area contributed by atoms with E-state index in [2.05, 4.69) is 10.2 Å². The lowest BCUT2D eigenvalue weighted by Crippen LogP contribution is -2.27. The number of aryl methyl sites for hydroxylation is 1. The molecule has 0 spiro atoms. The van der Waals surface area contributed by atoms with Gasteiger partial charge in [0.05, 0.1) is 12.3 Å². The van der Waals surface area contributed by atoms with Gasteiger partial charge in [-0.2, -0.15) is 0 Å². The normalized spacial score (nSPS) is 10.8. The summed E-state index contributed by atoms with van der Waals surface area (Å²) in [7, 11) is 1.80. The Balaban J connectivity index is 1.56. The SMILES string of the molecule is Cc1cccc(-c2nnc(SCC(=O)N(C)Cc3cccs3)o2)c1. The van der Waals surface area contributed by atoms with Gasteiger partial charge in [-0.15, -0.1) is 21.5 Å². The third kappa shape index (κ3) is 4.24. The Morgan fingerprint density at radius 1 is 1.29 bits per heavy atom. The van der Waals surface area contributed by atoms with Crippen LogP contribution < -0.4 is 0 Å². The predicted molar refractivity (Wildman–Crippen MR) is 96.0 cm³/mol. The van der Waals surface area contributed by atoms with Gasteiger partial charge in [0, 0.05) is 17.5 Å². The lowest BCUT2D eigenvalue weighted by molar-refractivity contribution is -0.127. The van der Waals surface area contributed by atoms with E-state index in [1.54, 1.807) is 23.3 Å². The molecule has 24 heavy (non-hydrogen) atoms. The van der Waals surface area contributed by atoms with E-state index in [1.807, 2.05) is 48.7 Å². The van der Waals surface area contributed by atoms with Gasteiger partial charge in [0.2, 0.25) is 11.8 Å². The number of amides is 1. The first-order valence-corrected chi connectivity index (χ1v) is 9.28. The summed E-state index contributed by atoms with van der Waals surface area (Å²) < 4.78 is 5.63.